The lowest BCUT2D eigenvalue weighted by Crippen LogP contribution is -1.99. The molecule has 0 heterocycles. The lowest BCUT2D eigenvalue weighted by atomic mass is 10.2. The van der Waals surface area contributed by atoms with Crippen LogP contribution in [0.4, 0.5) is 8.78 Å². The van der Waals surface area contributed by atoms with Crippen molar-refractivity contribution >= 4 is 26.2 Å². The van der Waals surface area contributed by atoms with Crippen molar-refractivity contribution in [3.63, 3.8) is 0 Å². The van der Waals surface area contributed by atoms with Crippen LogP contribution in [0, 0.1) is 11.6 Å². The van der Waals surface area contributed by atoms with E-state index in [1.54, 1.807) is 12.1 Å². The minimum atomic E-state index is -0.628. The van der Waals surface area contributed by atoms with E-state index in [1.807, 2.05) is 18.2 Å². The average molecular weight is 402 g/mol. The van der Waals surface area contributed by atoms with E-state index in [2.05, 4.69) is 22.6 Å². The normalized spacial score (nSPS) is 11.5. The molecule has 0 unspecified atom stereocenters. The molecule has 2 aromatic carbocycles. The van der Waals surface area contributed by atoms with Crippen molar-refractivity contribution in [3.8, 4) is 5.75 Å². The third-order valence-corrected chi connectivity index (χ3v) is 3.75. The van der Waals surface area contributed by atoms with Crippen LogP contribution in [0.25, 0.3) is 3.58 Å². The van der Waals surface area contributed by atoms with Crippen LogP contribution in [0.2, 0.25) is 0 Å². The number of aliphatic hydroxyl groups is 1. The first kappa shape index (κ1) is 15.9. The van der Waals surface area contributed by atoms with E-state index in [9.17, 15) is 8.78 Å². The predicted molar refractivity (Wildman–Crippen MR) is 86.2 cm³/mol. The van der Waals surface area contributed by atoms with E-state index in [0.717, 1.165) is 15.2 Å². The van der Waals surface area contributed by atoms with Gasteiger partial charge in [0.05, 0.1) is 6.61 Å². The summed E-state index contributed by atoms with van der Waals surface area (Å²) in [4.78, 5) is 0. The van der Waals surface area contributed by atoms with E-state index >= 15 is 0 Å². The summed E-state index contributed by atoms with van der Waals surface area (Å²) in [7, 11) is 0. The van der Waals surface area contributed by atoms with Crippen molar-refractivity contribution < 1.29 is 18.6 Å². The number of para-hydroxylation sites is 1. The van der Waals surface area contributed by atoms with E-state index < -0.39 is 11.6 Å². The number of rotatable bonds is 5. The molecule has 0 aliphatic rings. The Hall–Kier alpha value is -1.47. The van der Waals surface area contributed by atoms with Gasteiger partial charge in [0.15, 0.2) is 0 Å². The third-order valence-electron chi connectivity index (χ3n) is 2.73. The van der Waals surface area contributed by atoms with Crippen LogP contribution in [0.1, 0.15) is 11.1 Å². The highest BCUT2D eigenvalue weighted by atomic mass is 127. The van der Waals surface area contributed by atoms with Gasteiger partial charge in [-0.05, 0) is 52.4 Å². The summed E-state index contributed by atoms with van der Waals surface area (Å²) in [5.74, 6) is -0.662. The molecule has 1 N–H and O–H groups in total. The van der Waals surface area contributed by atoms with Crippen molar-refractivity contribution in [2.24, 2.45) is 0 Å². The molecule has 0 saturated heterocycles. The standard InChI is InChI=1S/C16H13F2IO2/c17-12-7-11(8-13(18)9-12)10-21-16-4-2-1-3-14(16)15(19)5-6-20/h1-5,7-9,20H,6,10H2. The molecule has 21 heavy (non-hydrogen) atoms. The Bertz CT molecular complexity index is 636. The second-order valence-corrected chi connectivity index (χ2v) is 5.46. The maximum absolute atomic E-state index is 13.1. The van der Waals surface area contributed by atoms with Gasteiger partial charge < -0.3 is 9.84 Å². The Morgan fingerprint density at radius 1 is 1.14 bits per heavy atom. The highest BCUT2D eigenvalue weighted by molar-refractivity contribution is 14.1. The summed E-state index contributed by atoms with van der Waals surface area (Å²) in [5.41, 5.74) is 1.24. The Morgan fingerprint density at radius 2 is 1.81 bits per heavy atom. The average Bonchev–Trinajstić information content (AvgIpc) is 2.45. The van der Waals surface area contributed by atoms with E-state index in [-0.39, 0.29) is 13.2 Å². The van der Waals surface area contributed by atoms with E-state index in [1.165, 1.54) is 12.1 Å². The molecule has 2 nitrogen and oxygen atoms in total. The number of hydrogen-bond acceptors (Lipinski definition) is 2. The Morgan fingerprint density at radius 3 is 2.48 bits per heavy atom. The Kier molecular flexibility index (Phi) is 5.69. The van der Waals surface area contributed by atoms with Crippen LogP contribution >= 0.6 is 22.6 Å². The van der Waals surface area contributed by atoms with Gasteiger partial charge in [0.2, 0.25) is 0 Å². The molecule has 5 heteroatoms. The summed E-state index contributed by atoms with van der Waals surface area (Å²) in [5, 5.41) is 8.95. The van der Waals surface area contributed by atoms with Gasteiger partial charge in [-0.1, -0.05) is 18.2 Å². The van der Waals surface area contributed by atoms with Crippen molar-refractivity contribution in [2.75, 3.05) is 6.61 Å². The molecule has 0 saturated carbocycles. The van der Waals surface area contributed by atoms with Crippen molar-refractivity contribution in [1.29, 1.82) is 0 Å². The molecule has 0 aliphatic carbocycles. The predicted octanol–water partition coefficient (Wildman–Crippen LogP) is 4.31. The smallest absolute Gasteiger partial charge is 0.128 e. The second kappa shape index (κ2) is 7.51. The zero-order chi connectivity index (χ0) is 15.2. The summed E-state index contributed by atoms with van der Waals surface area (Å²) in [6.45, 7) is -0.00352. The van der Waals surface area contributed by atoms with Gasteiger partial charge >= 0.3 is 0 Å². The first-order valence-corrected chi connectivity index (χ1v) is 7.31. The van der Waals surface area contributed by atoms with Gasteiger partial charge in [-0.2, -0.15) is 0 Å². The minimum absolute atomic E-state index is 0.0642. The van der Waals surface area contributed by atoms with E-state index in [4.69, 9.17) is 9.84 Å². The zero-order valence-corrected chi connectivity index (χ0v) is 13.2. The summed E-state index contributed by atoms with van der Waals surface area (Å²) >= 11 is 2.10. The Labute approximate surface area is 135 Å². The molecule has 0 amide bonds. The monoisotopic (exact) mass is 402 g/mol. The molecule has 0 bridgehead atoms. The molecule has 0 spiro atoms. The van der Waals surface area contributed by atoms with Gasteiger partial charge in [-0.25, -0.2) is 8.78 Å². The molecule has 0 aliphatic heterocycles. The van der Waals surface area contributed by atoms with E-state index in [0.29, 0.717) is 11.3 Å². The van der Waals surface area contributed by atoms with Crippen LogP contribution in [-0.2, 0) is 6.61 Å². The van der Waals surface area contributed by atoms with Gasteiger partial charge in [-0.15, -0.1) is 0 Å². The number of benzene rings is 2. The SMILES string of the molecule is OCC=C(I)c1ccccc1OCc1cc(F)cc(F)c1. The van der Waals surface area contributed by atoms with Crippen LogP contribution in [0.15, 0.2) is 48.5 Å². The topological polar surface area (TPSA) is 29.5 Å². The van der Waals surface area contributed by atoms with Crippen molar-refractivity contribution in [3.05, 3.63) is 71.3 Å². The van der Waals surface area contributed by atoms with Crippen LogP contribution in [-0.4, -0.2) is 11.7 Å². The molecular weight excluding hydrogens is 389 g/mol. The molecule has 110 valence electrons. The summed E-state index contributed by atoms with van der Waals surface area (Å²) in [6, 6.07) is 10.6. The Balaban J connectivity index is 2.18. The lowest BCUT2D eigenvalue weighted by Gasteiger charge is -2.11. The lowest BCUT2D eigenvalue weighted by molar-refractivity contribution is 0.304. The molecular formula is C16H13F2IO2. The quantitative estimate of drug-likeness (QED) is 0.756. The van der Waals surface area contributed by atoms with Gasteiger partial charge in [-0.3, -0.25) is 0 Å². The van der Waals surface area contributed by atoms with Gasteiger partial charge in [0.25, 0.3) is 0 Å². The van der Waals surface area contributed by atoms with Gasteiger partial charge in [0.1, 0.15) is 24.0 Å². The number of hydrogen-bond donors (Lipinski definition) is 1. The molecule has 2 rings (SSSR count). The number of aliphatic hydroxyl groups excluding tert-OH is 1. The second-order valence-electron chi connectivity index (χ2n) is 4.30. The maximum Gasteiger partial charge on any atom is 0.128 e. The molecule has 0 atom stereocenters. The molecule has 0 radical (unpaired) electrons. The first-order valence-electron chi connectivity index (χ1n) is 6.24. The van der Waals surface area contributed by atoms with Gasteiger partial charge in [0, 0.05) is 15.2 Å². The van der Waals surface area contributed by atoms with Crippen molar-refractivity contribution in [1.82, 2.24) is 0 Å². The first-order chi connectivity index (χ1) is 10.1. The van der Waals surface area contributed by atoms with Crippen LogP contribution in [0.5, 0.6) is 5.75 Å². The largest absolute Gasteiger partial charge is 0.488 e. The maximum atomic E-state index is 13.1. The zero-order valence-electron chi connectivity index (χ0n) is 11.0. The number of halogens is 3. The summed E-state index contributed by atoms with van der Waals surface area (Å²) in [6.07, 6.45) is 1.66. The third kappa shape index (κ3) is 4.50. The van der Waals surface area contributed by atoms with Crippen LogP contribution < -0.4 is 4.74 Å². The van der Waals surface area contributed by atoms with Crippen molar-refractivity contribution in [2.45, 2.75) is 6.61 Å². The highest BCUT2D eigenvalue weighted by Gasteiger charge is 2.07. The molecule has 0 aromatic heterocycles. The van der Waals surface area contributed by atoms with Crippen LogP contribution in [0.3, 0.4) is 0 Å². The number of ether oxygens (including phenoxy) is 1. The molecule has 0 fully saturated rings. The fourth-order valence-electron chi connectivity index (χ4n) is 1.84. The fraction of sp³-hybridized carbons (Fsp3) is 0.125. The minimum Gasteiger partial charge on any atom is -0.488 e. The molecule has 2 aromatic rings. The highest BCUT2D eigenvalue weighted by Crippen LogP contribution is 2.30. The fourth-order valence-corrected chi connectivity index (χ4v) is 2.48. The summed E-state index contributed by atoms with van der Waals surface area (Å²) < 4.78 is 32.7.